The molecular weight excluding hydrogens is 292 g/mol. The minimum absolute atomic E-state index is 0.0954. The van der Waals surface area contributed by atoms with Crippen molar-refractivity contribution in [2.24, 2.45) is 11.8 Å². The molecule has 4 heteroatoms. The Labute approximate surface area is 121 Å². The van der Waals surface area contributed by atoms with Crippen LogP contribution < -0.4 is 5.32 Å². The standard InChI is InChI=1S/C14H29BrN2O/c1-7-11(8-2)12(17(5)6)9-16-14(18)13(15)10(3)4/h10-13H,7-9H2,1-6H3,(H,16,18). The van der Waals surface area contributed by atoms with Crippen LogP contribution in [0.3, 0.4) is 0 Å². The first kappa shape index (κ1) is 17.9. The molecule has 0 rings (SSSR count). The van der Waals surface area contributed by atoms with Gasteiger partial charge in [-0.25, -0.2) is 0 Å². The number of rotatable bonds is 8. The lowest BCUT2D eigenvalue weighted by molar-refractivity contribution is -0.121. The molecule has 2 unspecified atom stereocenters. The molecule has 3 nitrogen and oxygen atoms in total. The van der Waals surface area contributed by atoms with Crippen LogP contribution in [0, 0.1) is 11.8 Å². The molecule has 0 bridgehead atoms. The number of carbonyl (C=O) groups is 1. The SMILES string of the molecule is CCC(CC)C(CNC(=O)C(Br)C(C)C)N(C)C. The van der Waals surface area contributed by atoms with Crippen molar-refractivity contribution in [1.29, 1.82) is 0 Å². The van der Waals surface area contributed by atoms with Gasteiger partial charge in [0.1, 0.15) is 0 Å². The zero-order chi connectivity index (χ0) is 14.3. The second-order valence-corrected chi connectivity index (χ2v) is 6.48. The molecule has 0 aliphatic heterocycles. The van der Waals surface area contributed by atoms with Crippen LogP contribution in [0.5, 0.6) is 0 Å². The molecule has 0 heterocycles. The Hall–Kier alpha value is -0.0900. The van der Waals surface area contributed by atoms with Gasteiger partial charge in [-0.15, -0.1) is 0 Å². The fraction of sp³-hybridized carbons (Fsp3) is 0.929. The van der Waals surface area contributed by atoms with Gasteiger partial charge in [0.05, 0.1) is 4.83 Å². The van der Waals surface area contributed by atoms with Crippen LogP contribution in [-0.2, 0) is 4.79 Å². The molecular formula is C14H29BrN2O. The zero-order valence-electron chi connectivity index (χ0n) is 12.7. The summed E-state index contributed by atoms with van der Waals surface area (Å²) in [6, 6.07) is 0.413. The molecule has 0 radical (unpaired) electrons. The Morgan fingerprint density at radius 3 is 2.06 bits per heavy atom. The second kappa shape index (κ2) is 8.92. The van der Waals surface area contributed by atoms with Gasteiger partial charge in [-0.2, -0.15) is 0 Å². The lowest BCUT2D eigenvalue weighted by atomic mass is 9.93. The molecule has 0 aromatic heterocycles. The maximum Gasteiger partial charge on any atom is 0.234 e. The predicted octanol–water partition coefficient (Wildman–Crippen LogP) is 2.89. The van der Waals surface area contributed by atoms with E-state index < -0.39 is 0 Å². The van der Waals surface area contributed by atoms with Crippen molar-refractivity contribution in [3.8, 4) is 0 Å². The fourth-order valence-electron chi connectivity index (χ4n) is 2.21. The molecule has 0 aliphatic rings. The predicted molar refractivity (Wildman–Crippen MR) is 82.1 cm³/mol. The number of likely N-dealkylation sites (N-methyl/N-ethyl adjacent to an activating group) is 1. The van der Waals surface area contributed by atoms with Gasteiger partial charge in [0.2, 0.25) is 5.91 Å². The summed E-state index contributed by atoms with van der Waals surface area (Å²) in [4.78, 5) is 14.1. The number of amides is 1. The molecule has 0 saturated carbocycles. The van der Waals surface area contributed by atoms with E-state index in [1.54, 1.807) is 0 Å². The van der Waals surface area contributed by atoms with Gasteiger partial charge in [-0.05, 0) is 25.9 Å². The van der Waals surface area contributed by atoms with E-state index in [1.165, 1.54) is 0 Å². The van der Waals surface area contributed by atoms with E-state index in [-0.39, 0.29) is 10.7 Å². The highest BCUT2D eigenvalue weighted by atomic mass is 79.9. The highest BCUT2D eigenvalue weighted by Gasteiger charge is 2.23. The van der Waals surface area contributed by atoms with Crippen molar-refractivity contribution < 1.29 is 4.79 Å². The second-order valence-electron chi connectivity index (χ2n) is 5.50. The van der Waals surface area contributed by atoms with Crippen molar-refractivity contribution in [2.45, 2.75) is 51.4 Å². The highest BCUT2D eigenvalue weighted by molar-refractivity contribution is 9.10. The van der Waals surface area contributed by atoms with Gasteiger partial charge in [0.25, 0.3) is 0 Å². The Kier molecular flexibility index (Phi) is 8.87. The summed E-state index contributed by atoms with van der Waals surface area (Å²) in [6.07, 6.45) is 2.30. The summed E-state index contributed by atoms with van der Waals surface area (Å²) >= 11 is 3.44. The molecule has 108 valence electrons. The first-order chi connectivity index (χ1) is 8.34. The summed E-state index contributed by atoms with van der Waals surface area (Å²) in [5.74, 6) is 1.05. The van der Waals surface area contributed by atoms with E-state index in [0.717, 1.165) is 19.4 Å². The normalized spacial score (nSPS) is 15.2. The molecule has 0 spiro atoms. The van der Waals surface area contributed by atoms with Crippen molar-refractivity contribution in [2.75, 3.05) is 20.6 Å². The van der Waals surface area contributed by atoms with Crippen LogP contribution in [0.1, 0.15) is 40.5 Å². The summed E-state index contributed by atoms with van der Waals surface area (Å²) in [7, 11) is 4.17. The molecule has 2 atom stereocenters. The van der Waals surface area contributed by atoms with Crippen LogP contribution in [-0.4, -0.2) is 42.3 Å². The molecule has 0 fully saturated rings. The van der Waals surface area contributed by atoms with Gasteiger partial charge in [-0.3, -0.25) is 4.79 Å². The van der Waals surface area contributed by atoms with Crippen LogP contribution in [0.15, 0.2) is 0 Å². The smallest absolute Gasteiger partial charge is 0.234 e. The third-order valence-electron chi connectivity index (χ3n) is 3.58. The molecule has 0 saturated heterocycles. The fourth-order valence-corrected chi connectivity index (χ4v) is 2.37. The lowest BCUT2D eigenvalue weighted by Crippen LogP contribution is -2.46. The number of nitrogens with one attached hydrogen (secondary N) is 1. The monoisotopic (exact) mass is 320 g/mol. The Balaban J connectivity index is 4.40. The van der Waals surface area contributed by atoms with E-state index >= 15 is 0 Å². The van der Waals surface area contributed by atoms with Gasteiger partial charge in [0, 0.05) is 12.6 Å². The summed E-state index contributed by atoms with van der Waals surface area (Å²) < 4.78 is 0. The first-order valence-electron chi connectivity index (χ1n) is 6.93. The van der Waals surface area contributed by atoms with E-state index in [1.807, 2.05) is 13.8 Å². The van der Waals surface area contributed by atoms with E-state index in [9.17, 15) is 4.79 Å². The Morgan fingerprint density at radius 1 is 1.22 bits per heavy atom. The van der Waals surface area contributed by atoms with Gasteiger partial charge >= 0.3 is 0 Å². The largest absolute Gasteiger partial charge is 0.354 e. The third-order valence-corrected chi connectivity index (χ3v) is 5.05. The van der Waals surface area contributed by atoms with Crippen molar-refractivity contribution in [3.05, 3.63) is 0 Å². The molecule has 18 heavy (non-hydrogen) atoms. The number of halogens is 1. The van der Waals surface area contributed by atoms with Crippen molar-refractivity contribution in [3.63, 3.8) is 0 Å². The third kappa shape index (κ3) is 5.70. The number of alkyl halides is 1. The lowest BCUT2D eigenvalue weighted by Gasteiger charge is -2.32. The van der Waals surface area contributed by atoms with Crippen LogP contribution >= 0.6 is 15.9 Å². The quantitative estimate of drug-likeness (QED) is 0.697. The summed E-state index contributed by atoms with van der Waals surface area (Å²) in [6.45, 7) is 9.25. The summed E-state index contributed by atoms with van der Waals surface area (Å²) in [5.41, 5.74) is 0. The van der Waals surface area contributed by atoms with Gasteiger partial charge in [0.15, 0.2) is 0 Å². The van der Waals surface area contributed by atoms with Crippen LogP contribution in [0.4, 0.5) is 0 Å². The minimum Gasteiger partial charge on any atom is -0.354 e. The molecule has 1 N–H and O–H groups in total. The van der Waals surface area contributed by atoms with E-state index in [2.05, 4.69) is 54.1 Å². The number of hydrogen-bond donors (Lipinski definition) is 1. The van der Waals surface area contributed by atoms with E-state index in [4.69, 9.17) is 0 Å². The maximum absolute atomic E-state index is 11.9. The first-order valence-corrected chi connectivity index (χ1v) is 7.84. The van der Waals surface area contributed by atoms with Gasteiger partial charge < -0.3 is 10.2 Å². The Bertz CT molecular complexity index is 240. The van der Waals surface area contributed by atoms with E-state index in [0.29, 0.717) is 17.9 Å². The topological polar surface area (TPSA) is 32.3 Å². The highest BCUT2D eigenvalue weighted by Crippen LogP contribution is 2.17. The van der Waals surface area contributed by atoms with Crippen molar-refractivity contribution >= 4 is 21.8 Å². The number of hydrogen-bond acceptors (Lipinski definition) is 2. The van der Waals surface area contributed by atoms with Crippen LogP contribution in [0.25, 0.3) is 0 Å². The number of carbonyl (C=O) groups excluding carboxylic acids is 1. The van der Waals surface area contributed by atoms with Gasteiger partial charge in [-0.1, -0.05) is 56.5 Å². The number of nitrogens with zero attached hydrogens (tertiary/aromatic N) is 1. The average Bonchev–Trinajstić information content (AvgIpc) is 2.32. The van der Waals surface area contributed by atoms with Crippen LogP contribution in [0.2, 0.25) is 0 Å². The molecule has 0 aromatic rings. The average molecular weight is 321 g/mol. The zero-order valence-corrected chi connectivity index (χ0v) is 14.3. The molecule has 0 aliphatic carbocycles. The molecule has 1 amide bonds. The minimum atomic E-state index is -0.0954. The maximum atomic E-state index is 11.9. The Morgan fingerprint density at radius 2 is 1.72 bits per heavy atom. The molecule has 0 aromatic carbocycles. The summed E-state index contributed by atoms with van der Waals surface area (Å²) in [5, 5.41) is 3.07. The van der Waals surface area contributed by atoms with Crippen molar-refractivity contribution in [1.82, 2.24) is 10.2 Å².